The SMILES string of the molecule is CC[C@@H](C)[C@H](NC(=O)N1CCc2[nH]cnc2[C@H]1c1ccc(F)c(F)c1F)C(=O)OC. The normalized spacial score (nSPS) is 17.8. The van der Waals surface area contributed by atoms with E-state index < -0.39 is 41.5 Å². The smallest absolute Gasteiger partial charge is 0.328 e. The summed E-state index contributed by atoms with van der Waals surface area (Å²) in [7, 11) is 1.22. The largest absolute Gasteiger partial charge is 0.467 e. The Bertz CT molecular complexity index is 949. The number of methoxy groups -OCH3 is 1. The van der Waals surface area contributed by atoms with Gasteiger partial charge in [-0.3, -0.25) is 0 Å². The minimum Gasteiger partial charge on any atom is -0.467 e. The summed E-state index contributed by atoms with van der Waals surface area (Å²) >= 11 is 0. The Labute approximate surface area is 171 Å². The Morgan fingerprint density at radius 3 is 2.73 bits per heavy atom. The van der Waals surface area contributed by atoms with E-state index in [-0.39, 0.29) is 18.0 Å². The highest BCUT2D eigenvalue weighted by molar-refractivity contribution is 5.84. The number of esters is 1. The molecule has 10 heteroatoms. The fourth-order valence-electron chi connectivity index (χ4n) is 3.57. The molecule has 0 spiro atoms. The van der Waals surface area contributed by atoms with Gasteiger partial charge in [-0.25, -0.2) is 27.7 Å². The number of benzene rings is 1. The van der Waals surface area contributed by atoms with Gasteiger partial charge in [0.1, 0.15) is 12.1 Å². The lowest BCUT2D eigenvalue weighted by Gasteiger charge is -2.36. The minimum absolute atomic E-state index is 0.151. The highest BCUT2D eigenvalue weighted by atomic mass is 19.2. The van der Waals surface area contributed by atoms with Crippen LogP contribution in [0.25, 0.3) is 0 Å². The van der Waals surface area contributed by atoms with Crippen molar-refractivity contribution in [2.75, 3.05) is 13.7 Å². The van der Waals surface area contributed by atoms with E-state index in [1.807, 2.05) is 6.92 Å². The first kappa shape index (κ1) is 21.7. The number of imidazole rings is 1. The van der Waals surface area contributed by atoms with Crippen molar-refractivity contribution in [1.29, 1.82) is 0 Å². The number of carbonyl (C=O) groups excluding carboxylic acids is 2. The van der Waals surface area contributed by atoms with Crippen molar-refractivity contribution >= 4 is 12.0 Å². The van der Waals surface area contributed by atoms with Crippen molar-refractivity contribution in [3.05, 3.63) is 52.9 Å². The first-order chi connectivity index (χ1) is 14.3. The van der Waals surface area contributed by atoms with Gasteiger partial charge in [-0.2, -0.15) is 0 Å². The summed E-state index contributed by atoms with van der Waals surface area (Å²) < 4.78 is 46.8. The van der Waals surface area contributed by atoms with E-state index in [1.165, 1.54) is 18.3 Å². The lowest BCUT2D eigenvalue weighted by Crippen LogP contribution is -2.53. The maximum absolute atomic E-state index is 14.6. The molecule has 1 aliphatic rings. The molecular weight excluding hydrogens is 401 g/mol. The monoisotopic (exact) mass is 424 g/mol. The van der Waals surface area contributed by atoms with Crippen molar-refractivity contribution in [3.8, 4) is 0 Å². The van der Waals surface area contributed by atoms with E-state index in [0.29, 0.717) is 24.2 Å². The molecule has 0 saturated carbocycles. The van der Waals surface area contributed by atoms with Crippen LogP contribution in [0.5, 0.6) is 0 Å². The molecule has 30 heavy (non-hydrogen) atoms. The standard InChI is InChI=1S/C20H23F3N4O3/c1-4-10(2)16(19(28)30-3)26-20(29)27-8-7-13-17(25-9-24-13)18(27)11-5-6-12(21)15(23)14(11)22/h5-6,9-10,16,18H,4,7-8H2,1-3H3,(H,24,25)(H,26,29)/t10-,16+,18-/m1/s1. The molecule has 0 aliphatic carbocycles. The van der Waals surface area contributed by atoms with E-state index in [9.17, 15) is 22.8 Å². The molecule has 0 unspecified atom stereocenters. The molecule has 162 valence electrons. The third-order valence-corrected chi connectivity index (χ3v) is 5.49. The lowest BCUT2D eigenvalue weighted by atomic mass is 9.95. The Kier molecular flexibility index (Phi) is 6.33. The number of nitrogens with zero attached hydrogens (tertiary/aromatic N) is 2. The number of rotatable bonds is 5. The second-order valence-corrected chi connectivity index (χ2v) is 7.21. The second-order valence-electron chi connectivity index (χ2n) is 7.21. The van der Waals surface area contributed by atoms with E-state index in [2.05, 4.69) is 15.3 Å². The van der Waals surface area contributed by atoms with Crippen LogP contribution in [-0.4, -0.2) is 46.6 Å². The highest BCUT2D eigenvalue weighted by Gasteiger charge is 2.38. The van der Waals surface area contributed by atoms with Crippen LogP contribution in [0.3, 0.4) is 0 Å². The van der Waals surface area contributed by atoms with Gasteiger partial charge in [0.25, 0.3) is 0 Å². The van der Waals surface area contributed by atoms with Crippen LogP contribution in [0.2, 0.25) is 0 Å². The van der Waals surface area contributed by atoms with Gasteiger partial charge in [-0.05, 0) is 12.0 Å². The zero-order valence-electron chi connectivity index (χ0n) is 16.8. The predicted molar refractivity (Wildman–Crippen MR) is 101 cm³/mol. The number of aromatic nitrogens is 2. The van der Waals surface area contributed by atoms with E-state index in [0.717, 1.165) is 12.1 Å². The van der Waals surface area contributed by atoms with E-state index in [4.69, 9.17) is 4.74 Å². The molecule has 1 aromatic carbocycles. The quantitative estimate of drug-likeness (QED) is 0.571. The van der Waals surface area contributed by atoms with Crippen LogP contribution in [0.1, 0.15) is 43.3 Å². The van der Waals surface area contributed by atoms with E-state index in [1.54, 1.807) is 6.92 Å². The molecule has 2 N–H and O–H groups in total. The maximum atomic E-state index is 14.6. The highest BCUT2D eigenvalue weighted by Crippen LogP contribution is 2.35. The van der Waals surface area contributed by atoms with Crippen LogP contribution in [0.15, 0.2) is 18.5 Å². The second kappa shape index (κ2) is 8.76. The summed E-state index contributed by atoms with van der Waals surface area (Å²) in [5.41, 5.74) is 0.773. The number of H-pyrrole nitrogens is 1. The molecule has 3 atom stereocenters. The fourth-order valence-corrected chi connectivity index (χ4v) is 3.57. The molecule has 0 saturated heterocycles. The Morgan fingerprint density at radius 1 is 1.33 bits per heavy atom. The zero-order chi connectivity index (χ0) is 22.0. The Hall–Kier alpha value is -3.04. The number of ether oxygens (including phenoxy) is 1. The van der Waals surface area contributed by atoms with Crippen LogP contribution in [0.4, 0.5) is 18.0 Å². The number of hydrogen-bond acceptors (Lipinski definition) is 4. The molecule has 2 aromatic rings. The summed E-state index contributed by atoms with van der Waals surface area (Å²) in [5.74, 6) is -5.16. The van der Waals surface area contributed by atoms with Crippen molar-refractivity contribution in [3.63, 3.8) is 0 Å². The number of aromatic amines is 1. The minimum atomic E-state index is -1.62. The molecule has 2 amide bonds. The lowest BCUT2D eigenvalue weighted by molar-refractivity contribution is -0.144. The Morgan fingerprint density at radius 2 is 2.07 bits per heavy atom. The number of hydrogen-bond donors (Lipinski definition) is 2. The molecular formula is C20H23F3N4O3. The van der Waals surface area contributed by atoms with Gasteiger partial charge in [-0.1, -0.05) is 26.3 Å². The molecule has 0 radical (unpaired) electrons. The van der Waals surface area contributed by atoms with Crippen LogP contribution >= 0.6 is 0 Å². The molecule has 7 nitrogen and oxygen atoms in total. The van der Waals surface area contributed by atoms with Crippen molar-refractivity contribution in [2.45, 2.75) is 38.8 Å². The van der Waals surface area contributed by atoms with Crippen molar-refractivity contribution in [1.82, 2.24) is 20.2 Å². The predicted octanol–water partition coefficient (Wildman–Crippen LogP) is 3.07. The Balaban J connectivity index is 2.00. The van der Waals surface area contributed by atoms with Gasteiger partial charge in [0, 0.05) is 24.2 Å². The zero-order valence-corrected chi connectivity index (χ0v) is 16.8. The van der Waals surface area contributed by atoms with Crippen molar-refractivity contribution in [2.24, 2.45) is 5.92 Å². The van der Waals surface area contributed by atoms with Crippen LogP contribution in [0, 0.1) is 23.4 Å². The molecule has 2 heterocycles. The summed E-state index contributed by atoms with van der Waals surface area (Å²) in [6.07, 6.45) is 2.40. The van der Waals surface area contributed by atoms with Crippen LogP contribution < -0.4 is 5.32 Å². The summed E-state index contributed by atoms with van der Waals surface area (Å²) in [6.45, 7) is 3.80. The maximum Gasteiger partial charge on any atom is 0.328 e. The molecule has 0 bridgehead atoms. The number of halogens is 3. The summed E-state index contributed by atoms with van der Waals surface area (Å²) in [5, 5.41) is 2.64. The topological polar surface area (TPSA) is 87.3 Å². The molecule has 0 fully saturated rings. The first-order valence-electron chi connectivity index (χ1n) is 9.60. The molecule has 3 rings (SSSR count). The van der Waals surface area contributed by atoms with Crippen LogP contribution in [-0.2, 0) is 16.0 Å². The van der Waals surface area contributed by atoms with Gasteiger partial charge < -0.3 is 19.9 Å². The van der Waals surface area contributed by atoms with Gasteiger partial charge in [0.05, 0.1) is 19.1 Å². The average molecular weight is 424 g/mol. The first-order valence-corrected chi connectivity index (χ1v) is 9.60. The van der Waals surface area contributed by atoms with Crippen molar-refractivity contribution < 1.29 is 27.5 Å². The van der Waals surface area contributed by atoms with Gasteiger partial charge in [0.15, 0.2) is 17.5 Å². The number of carbonyl (C=O) groups is 2. The van der Waals surface area contributed by atoms with Gasteiger partial charge in [-0.15, -0.1) is 0 Å². The molecule has 1 aromatic heterocycles. The van der Waals surface area contributed by atoms with Gasteiger partial charge in [0.2, 0.25) is 0 Å². The molecule has 1 aliphatic heterocycles. The summed E-state index contributed by atoms with van der Waals surface area (Å²) in [6, 6.07) is -0.766. The summed E-state index contributed by atoms with van der Waals surface area (Å²) in [4.78, 5) is 33.6. The third-order valence-electron chi connectivity index (χ3n) is 5.49. The fraction of sp³-hybridized carbons (Fsp3) is 0.450. The number of nitrogens with one attached hydrogen (secondary N) is 2. The number of amides is 2. The van der Waals surface area contributed by atoms with Gasteiger partial charge >= 0.3 is 12.0 Å². The number of urea groups is 1. The third kappa shape index (κ3) is 3.86. The average Bonchev–Trinajstić information content (AvgIpc) is 3.23. The number of fused-ring (bicyclic) bond motifs is 1. The van der Waals surface area contributed by atoms with E-state index >= 15 is 0 Å².